The van der Waals surface area contributed by atoms with Crippen molar-refractivity contribution in [3.63, 3.8) is 0 Å². The maximum Gasteiger partial charge on any atom is 0.0546 e. The molecule has 46 heavy (non-hydrogen) atoms. The fourth-order valence-electron chi connectivity index (χ4n) is 6.88. The molecule has 0 fully saturated rings. The van der Waals surface area contributed by atoms with Gasteiger partial charge in [0.2, 0.25) is 0 Å². The van der Waals surface area contributed by atoms with Gasteiger partial charge in [-0.25, -0.2) is 0 Å². The molecule has 0 saturated heterocycles. The molecule has 0 saturated carbocycles. The van der Waals surface area contributed by atoms with Crippen LogP contribution in [0, 0.1) is 13.8 Å². The smallest absolute Gasteiger partial charge is 0.0546 e. The van der Waals surface area contributed by atoms with E-state index in [2.05, 4.69) is 194 Å². The standard InChI is InChI=1S/C44H34N2/c1-31-17-9-15-27-41(31)45(33-19-5-3-6-20-33)43-29-39-36-24-12-14-26-38(36)44(30-40(39)35-23-11-13-25-37(35)43)46(34-21-7-4-8-22-34)42-28-16-10-18-32(42)2/h3-30H,1-2H3. The van der Waals surface area contributed by atoms with E-state index in [1.165, 1.54) is 66.2 Å². The molecule has 0 aliphatic rings. The van der Waals surface area contributed by atoms with Crippen LogP contribution in [-0.2, 0) is 0 Å². The van der Waals surface area contributed by atoms with Gasteiger partial charge in [0.05, 0.1) is 11.4 Å². The molecule has 0 aliphatic heterocycles. The number of para-hydroxylation sites is 4. The molecule has 8 aromatic rings. The maximum absolute atomic E-state index is 2.42. The molecule has 0 atom stereocenters. The van der Waals surface area contributed by atoms with Crippen LogP contribution < -0.4 is 9.80 Å². The van der Waals surface area contributed by atoms with Crippen molar-refractivity contribution in [3.05, 3.63) is 181 Å². The van der Waals surface area contributed by atoms with Gasteiger partial charge in [-0.1, -0.05) is 121 Å². The summed E-state index contributed by atoms with van der Waals surface area (Å²) >= 11 is 0. The first-order valence-corrected chi connectivity index (χ1v) is 15.9. The highest BCUT2D eigenvalue weighted by atomic mass is 15.2. The first kappa shape index (κ1) is 27.7. The van der Waals surface area contributed by atoms with E-state index < -0.39 is 0 Å². The van der Waals surface area contributed by atoms with Gasteiger partial charge in [0.1, 0.15) is 0 Å². The summed E-state index contributed by atoms with van der Waals surface area (Å²) in [5.74, 6) is 0. The van der Waals surface area contributed by atoms with E-state index in [1.807, 2.05) is 0 Å². The Kier molecular flexibility index (Phi) is 6.96. The summed E-state index contributed by atoms with van der Waals surface area (Å²) in [4.78, 5) is 4.84. The van der Waals surface area contributed by atoms with E-state index in [-0.39, 0.29) is 0 Å². The third-order valence-corrected chi connectivity index (χ3v) is 9.06. The topological polar surface area (TPSA) is 6.48 Å². The molecule has 0 aromatic heterocycles. The minimum absolute atomic E-state index is 1.14. The number of benzene rings is 8. The van der Waals surface area contributed by atoms with E-state index >= 15 is 0 Å². The van der Waals surface area contributed by atoms with Crippen LogP contribution in [0.2, 0.25) is 0 Å². The van der Waals surface area contributed by atoms with E-state index in [9.17, 15) is 0 Å². The highest BCUT2D eigenvalue weighted by molar-refractivity contribution is 6.24. The lowest BCUT2D eigenvalue weighted by molar-refractivity contribution is 1.26. The van der Waals surface area contributed by atoms with Crippen LogP contribution in [-0.4, -0.2) is 0 Å². The van der Waals surface area contributed by atoms with Crippen LogP contribution in [0.5, 0.6) is 0 Å². The monoisotopic (exact) mass is 590 g/mol. The molecule has 0 spiro atoms. The average Bonchev–Trinajstić information content (AvgIpc) is 3.11. The molecule has 0 unspecified atom stereocenters. The molecule has 220 valence electrons. The second kappa shape index (κ2) is 11.6. The zero-order chi connectivity index (χ0) is 31.0. The lowest BCUT2D eigenvalue weighted by Gasteiger charge is -2.30. The normalized spacial score (nSPS) is 11.3. The Labute approximate surface area is 270 Å². The van der Waals surface area contributed by atoms with Crippen LogP contribution in [0.4, 0.5) is 34.1 Å². The molecular formula is C44H34N2. The Bertz CT molecular complexity index is 2170. The van der Waals surface area contributed by atoms with Crippen molar-refractivity contribution < 1.29 is 0 Å². The van der Waals surface area contributed by atoms with Gasteiger partial charge in [-0.3, -0.25) is 0 Å². The lowest BCUT2D eigenvalue weighted by Crippen LogP contribution is -2.13. The highest BCUT2D eigenvalue weighted by Crippen LogP contribution is 2.48. The van der Waals surface area contributed by atoms with Crippen molar-refractivity contribution in [3.8, 4) is 0 Å². The molecule has 0 heterocycles. The minimum Gasteiger partial charge on any atom is -0.310 e. The Hall–Kier alpha value is -5.86. The van der Waals surface area contributed by atoms with Crippen LogP contribution >= 0.6 is 0 Å². The molecular weight excluding hydrogens is 556 g/mol. The van der Waals surface area contributed by atoms with Crippen molar-refractivity contribution in [2.45, 2.75) is 13.8 Å². The van der Waals surface area contributed by atoms with Crippen molar-refractivity contribution in [1.82, 2.24) is 0 Å². The summed E-state index contributed by atoms with van der Waals surface area (Å²) < 4.78 is 0. The SMILES string of the molecule is Cc1ccccc1N(c1ccccc1)c1cc2c3ccccc3c(N(c3ccccc3)c3ccccc3C)cc2c2ccccc12. The molecule has 0 N–H and O–H groups in total. The summed E-state index contributed by atoms with van der Waals surface area (Å²) in [6.07, 6.45) is 0. The first-order chi connectivity index (χ1) is 22.7. The fourth-order valence-corrected chi connectivity index (χ4v) is 6.88. The second-order valence-electron chi connectivity index (χ2n) is 11.9. The summed E-state index contributed by atoms with van der Waals surface area (Å²) in [6, 6.07) is 61.3. The molecule has 0 radical (unpaired) electrons. The number of hydrogen-bond donors (Lipinski definition) is 0. The maximum atomic E-state index is 2.42. The van der Waals surface area contributed by atoms with Gasteiger partial charge in [-0.2, -0.15) is 0 Å². The molecule has 2 heteroatoms. The van der Waals surface area contributed by atoms with Crippen LogP contribution in [0.15, 0.2) is 170 Å². The Morgan fingerprint density at radius 3 is 1.00 bits per heavy atom. The third kappa shape index (κ3) is 4.67. The van der Waals surface area contributed by atoms with Crippen molar-refractivity contribution >= 4 is 66.4 Å². The van der Waals surface area contributed by atoms with Gasteiger partial charge < -0.3 is 9.80 Å². The summed E-state index contributed by atoms with van der Waals surface area (Å²) in [6.45, 7) is 4.39. The van der Waals surface area contributed by atoms with Crippen molar-refractivity contribution in [1.29, 1.82) is 0 Å². The quantitative estimate of drug-likeness (QED) is 0.178. The van der Waals surface area contributed by atoms with E-state index in [0.717, 1.165) is 11.4 Å². The third-order valence-electron chi connectivity index (χ3n) is 9.06. The molecule has 0 bridgehead atoms. The zero-order valence-electron chi connectivity index (χ0n) is 26.1. The van der Waals surface area contributed by atoms with Crippen molar-refractivity contribution in [2.24, 2.45) is 0 Å². The van der Waals surface area contributed by atoms with Crippen LogP contribution in [0.1, 0.15) is 11.1 Å². The van der Waals surface area contributed by atoms with E-state index in [1.54, 1.807) is 0 Å². The number of fused-ring (bicyclic) bond motifs is 5. The van der Waals surface area contributed by atoms with Gasteiger partial charge in [0.25, 0.3) is 0 Å². The predicted molar refractivity (Wildman–Crippen MR) is 198 cm³/mol. The van der Waals surface area contributed by atoms with Crippen LogP contribution in [0.3, 0.4) is 0 Å². The van der Waals surface area contributed by atoms with Gasteiger partial charge in [0, 0.05) is 33.5 Å². The Morgan fingerprint density at radius 1 is 0.283 bits per heavy atom. The Morgan fingerprint density at radius 2 is 0.609 bits per heavy atom. The van der Waals surface area contributed by atoms with E-state index in [4.69, 9.17) is 0 Å². The molecule has 0 aliphatic carbocycles. The zero-order valence-corrected chi connectivity index (χ0v) is 26.1. The molecule has 8 aromatic carbocycles. The number of aryl methyl sites for hydroxylation is 2. The second-order valence-corrected chi connectivity index (χ2v) is 11.9. The lowest BCUT2D eigenvalue weighted by atomic mass is 9.93. The largest absolute Gasteiger partial charge is 0.310 e. The average molecular weight is 591 g/mol. The van der Waals surface area contributed by atoms with Gasteiger partial charge in [-0.05, 0) is 95.1 Å². The highest BCUT2D eigenvalue weighted by Gasteiger charge is 2.22. The molecule has 2 nitrogen and oxygen atoms in total. The molecule has 0 amide bonds. The summed E-state index contributed by atoms with van der Waals surface area (Å²) in [7, 11) is 0. The Balaban J connectivity index is 1.49. The van der Waals surface area contributed by atoms with E-state index in [0.29, 0.717) is 0 Å². The van der Waals surface area contributed by atoms with Gasteiger partial charge >= 0.3 is 0 Å². The first-order valence-electron chi connectivity index (χ1n) is 15.9. The summed E-state index contributed by atoms with van der Waals surface area (Å²) in [5.41, 5.74) is 9.41. The number of hydrogen-bond acceptors (Lipinski definition) is 2. The predicted octanol–water partition coefficient (Wildman–Crippen LogP) is 12.7. The molecule has 8 rings (SSSR count). The minimum atomic E-state index is 1.14. The van der Waals surface area contributed by atoms with Gasteiger partial charge in [-0.15, -0.1) is 0 Å². The number of rotatable bonds is 6. The van der Waals surface area contributed by atoms with Crippen LogP contribution in [0.25, 0.3) is 32.3 Å². The fraction of sp³-hybridized carbons (Fsp3) is 0.0455. The van der Waals surface area contributed by atoms with Crippen molar-refractivity contribution in [2.75, 3.05) is 9.80 Å². The van der Waals surface area contributed by atoms with Gasteiger partial charge in [0.15, 0.2) is 0 Å². The number of anilines is 6. The number of nitrogens with zero attached hydrogens (tertiary/aromatic N) is 2. The summed E-state index contributed by atoms with van der Waals surface area (Å²) in [5, 5.41) is 7.36.